The number of carbonyl (C=O) groups excluding carboxylic acids is 1. The molecule has 0 spiro atoms. The first-order valence-electron chi connectivity index (χ1n) is 13.6. The number of carboxylic acids is 1. The van der Waals surface area contributed by atoms with Gasteiger partial charge in [-0.2, -0.15) is 0 Å². The third-order valence-electron chi connectivity index (χ3n) is 6.08. The number of aryl methyl sites for hydroxylation is 1. The number of pyridine rings is 1. The Balaban J connectivity index is 1.66. The van der Waals surface area contributed by atoms with E-state index in [9.17, 15) is 19.8 Å². The number of aromatic nitrogens is 1. The highest BCUT2D eigenvalue weighted by Gasteiger charge is 2.24. The van der Waals surface area contributed by atoms with E-state index in [4.69, 9.17) is 9.47 Å². The number of aromatic carboxylic acids is 1. The highest BCUT2D eigenvalue weighted by Crippen LogP contribution is 2.28. The molecular formula is C32H40N2O6. The molecule has 214 valence electrons. The minimum Gasteiger partial charge on any atom is -0.492 e. The molecule has 0 aliphatic rings. The highest BCUT2D eigenvalue weighted by molar-refractivity contribution is 5.92. The lowest BCUT2D eigenvalue weighted by Crippen LogP contribution is -2.40. The Kier molecular flexibility index (Phi) is 10.7. The van der Waals surface area contributed by atoms with Crippen molar-refractivity contribution in [3.8, 4) is 16.9 Å². The van der Waals surface area contributed by atoms with Gasteiger partial charge in [-0.15, -0.1) is 0 Å². The summed E-state index contributed by atoms with van der Waals surface area (Å²) in [5.74, 6) is -0.387. The molecule has 1 aromatic heterocycles. The number of carbonyl (C=O) groups is 2. The molecule has 3 aromatic rings. The first kappa shape index (κ1) is 30.6. The Hall–Kier alpha value is -3.91. The Morgan fingerprint density at radius 2 is 1.73 bits per heavy atom. The number of hydrogen-bond acceptors (Lipinski definition) is 6. The number of nitrogens with zero attached hydrogens (tertiary/aromatic N) is 2. The summed E-state index contributed by atoms with van der Waals surface area (Å²) in [5.41, 5.74) is 3.05. The van der Waals surface area contributed by atoms with Crippen LogP contribution < -0.4 is 4.74 Å². The number of amides is 1. The number of benzene rings is 2. The first-order chi connectivity index (χ1) is 18.9. The molecule has 0 aliphatic carbocycles. The largest absolute Gasteiger partial charge is 0.492 e. The van der Waals surface area contributed by atoms with Crippen molar-refractivity contribution in [2.24, 2.45) is 5.92 Å². The molecule has 0 bridgehead atoms. The standard InChI is InChI=1S/C32H40N2O6/c1-22(2)21-39-29-18-25(14-15-27(29)30(36)37)24-12-10-23(11-13-24)8-7-17-34(31(38)40-32(3,4)5)20-28(35)26-9-6-16-33-19-26/h6,9-16,18-19,22,28,35H,7-8,17,20-21H2,1-5H3,(H,36,37)/t28-/m0/s1. The number of aliphatic hydroxyl groups is 1. The van der Waals surface area contributed by atoms with Gasteiger partial charge in [-0.25, -0.2) is 9.59 Å². The van der Waals surface area contributed by atoms with Crippen LogP contribution in [-0.4, -0.2) is 57.5 Å². The summed E-state index contributed by atoms with van der Waals surface area (Å²) in [6, 6.07) is 16.7. The van der Waals surface area contributed by atoms with Crippen molar-refractivity contribution >= 4 is 12.1 Å². The smallest absolute Gasteiger partial charge is 0.410 e. The van der Waals surface area contributed by atoms with E-state index in [0.717, 1.165) is 23.1 Å². The molecule has 0 radical (unpaired) electrons. The molecule has 0 saturated heterocycles. The molecule has 0 fully saturated rings. The lowest BCUT2D eigenvalue weighted by atomic mass is 10.00. The van der Waals surface area contributed by atoms with Crippen LogP contribution in [0.5, 0.6) is 5.75 Å². The van der Waals surface area contributed by atoms with E-state index in [1.165, 1.54) is 0 Å². The monoisotopic (exact) mass is 548 g/mol. The van der Waals surface area contributed by atoms with Crippen molar-refractivity contribution in [3.63, 3.8) is 0 Å². The normalized spacial score (nSPS) is 12.2. The molecule has 2 N–H and O–H groups in total. The van der Waals surface area contributed by atoms with Crippen molar-refractivity contribution < 1.29 is 29.3 Å². The summed E-state index contributed by atoms with van der Waals surface area (Å²) < 4.78 is 11.4. The van der Waals surface area contributed by atoms with Gasteiger partial charge in [0.1, 0.15) is 16.9 Å². The Morgan fingerprint density at radius 1 is 1.02 bits per heavy atom. The van der Waals surface area contributed by atoms with Gasteiger partial charge in [0.25, 0.3) is 0 Å². The summed E-state index contributed by atoms with van der Waals surface area (Å²) in [5, 5.41) is 20.2. The summed E-state index contributed by atoms with van der Waals surface area (Å²) in [4.78, 5) is 30.1. The quantitative estimate of drug-likeness (QED) is 0.270. The Morgan fingerprint density at radius 3 is 2.33 bits per heavy atom. The van der Waals surface area contributed by atoms with Gasteiger partial charge in [-0.1, -0.05) is 50.2 Å². The van der Waals surface area contributed by atoms with Gasteiger partial charge in [0.15, 0.2) is 0 Å². The average molecular weight is 549 g/mol. The van der Waals surface area contributed by atoms with Crippen LogP contribution in [-0.2, 0) is 11.2 Å². The van der Waals surface area contributed by atoms with Crippen LogP contribution in [0.4, 0.5) is 4.79 Å². The molecule has 8 heteroatoms. The number of ether oxygens (including phenoxy) is 2. The zero-order chi connectivity index (χ0) is 29.3. The number of hydrogen-bond donors (Lipinski definition) is 2. The second-order valence-corrected chi connectivity index (χ2v) is 11.2. The lowest BCUT2D eigenvalue weighted by Gasteiger charge is -2.29. The van der Waals surface area contributed by atoms with Gasteiger partial charge >= 0.3 is 12.1 Å². The summed E-state index contributed by atoms with van der Waals surface area (Å²) in [7, 11) is 0. The van der Waals surface area contributed by atoms with E-state index in [1.54, 1.807) is 47.6 Å². The Labute approximate surface area is 236 Å². The van der Waals surface area contributed by atoms with Crippen LogP contribution in [0.25, 0.3) is 11.1 Å². The molecule has 1 atom stereocenters. The zero-order valence-electron chi connectivity index (χ0n) is 24.0. The highest BCUT2D eigenvalue weighted by atomic mass is 16.6. The third-order valence-corrected chi connectivity index (χ3v) is 6.08. The minimum atomic E-state index is -1.02. The second-order valence-electron chi connectivity index (χ2n) is 11.2. The molecule has 1 heterocycles. The van der Waals surface area contributed by atoms with Crippen LogP contribution in [0.1, 0.15) is 68.6 Å². The van der Waals surface area contributed by atoms with Crippen LogP contribution in [0.3, 0.4) is 0 Å². The van der Waals surface area contributed by atoms with Crippen LogP contribution in [0, 0.1) is 5.92 Å². The second kappa shape index (κ2) is 13.9. The van der Waals surface area contributed by atoms with E-state index in [1.807, 2.05) is 58.9 Å². The summed E-state index contributed by atoms with van der Waals surface area (Å²) >= 11 is 0. The van der Waals surface area contributed by atoms with Gasteiger partial charge in [0.05, 0.1) is 19.3 Å². The molecule has 40 heavy (non-hydrogen) atoms. The SMILES string of the molecule is CC(C)COc1cc(-c2ccc(CCCN(C[C@H](O)c3cccnc3)C(=O)OC(C)(C)C)cc2)ccc1C(=O)O. The molecule has 0 unspecified atom stereocenters. The molecular weight excluding hydrogens is 508 g/mol. The summed E-state index contributed by atoms with van der Waals surface area (Å²) in [6.07, 6.45) is 3.29. The van der Waals surface area contributed by atoms with Crippen molar-refractivity contribution in [2.75, 3.05) is 19.7 Å². The zero-order valence-corrected chi connectivity index (χ0v) is 24.0. The molecule has 2 aromatic carbocycles. The lowest BCUT2D eigenvalue weighted by molar-refractivity contribution is 0.0141. The third kappa shape index (κ3) is 9.38. The van der Waals surface area contributed by atoms with E-state index >= 15 is 0 Å². The average Bonchev–Trinajstić information content (AvgIpc) is 2.91. The first-order valence-corrected chi connectivity index (χ1v) is 13.6. The summed E-state index contributed by atoms with van der Waals surface area (Å²) in [6.45, 7) is 10.4. The van der Waals surface area contributed by atoms with Gasteiger partial charge in [-0.05, 0) is 74.4 Å². The maximum absolute atomic E-state index is 12.9. The molecule has 3 rings (SSSR count). The number of aliphatic hydroxyl groups excluding tert-OH is 1. The molecule has 8 nitrogen and oxygen atoms in total. The maximum Gasteiger partial charge on any atom is 0.410 e. The van der Waals surface area contributed by atoms with Gasteiger partial charge in [0.2, 0.25) is 0 Å². The predicted molar refractivity (Wildman–Crippen MR) is 154 cm³/mol. The van der Waals surface area contributed by atoms with Crippen molar-refractivity contribution in [3.05, 3.63) is 83.7 Å². The maximum atomic E-state index is 12.9. The predicted octanol–water partition coefficient (Wildman–Crippen LogP) is 6.38. The van der Waals surface area contributed by atoms with Crippen LogP contribution in [0.2, 0.25) is 0 Å². The van der Waals surface area contributed by atoms with E-state index in [-0.39, 0.29) is 18.0 Å². The fraction of sp³-hybridized carbons (Fsp3) is 0.406. The molecule has 0 aliphatic heterocycles. The van der Waals surface area contributed by atoms with Gasteiger partial charge in [-0.3, -0.25) is 4.98 Å². The van der Waals surface area contributed by atoms with E-state index in [2.05, 4.69) is 4.98 Å². The molecule has 1 amide bonds. The van der Waals surface area contributed by atoms with Gasteiger partial charge in [0, 0.05) is 24.5 Å². The Bertz CT molecular complexity index is 1250. The molecule has 0 saturated carbocycles. The van der Waals surface area contributed by atoms with Crippen molar-refractivity contribution in [1.29, 1.82) is 0 Å². The minimum absolute atomic E-state index is 0.104. The fourth-order valence-corrected chi connectivity index (χ4v) is 4.06. The van der Waals surface area contributed by atoms with E-state index < -0.39 is 23.8 Å². The van der Waals surface area contributed by atoms with Crippen LogP contribution >= 0.6 is 0 Å². The van der Waals surface area contributed by atoms with E-state index in [0.29, 0.717) is 30.9 Å². The van der Waals surface area contributed by atoms with Crippen LogP contribution in [0.15, 0.2) is 67.0 Å². The van der Waals surface area contributed by atoms with Crippen molar-refractivity contribution in [2.45, 2.75) is 59.2 Å². The van der Waals surface area contributed by atoms with Gasteiger partial charge < -0.3 is 24.6 Å². The number of rotatable bonds is 12. The van der Waals surface area contributed by atoms with Crippen molar-refractivity contribution in [1.82, 2.24) is 9.88 Å². The number of carboxylic acid groups (broad SMARTS) is 1. The fourth-order valence-electron chi connectivity index (χ4n) is 4.06. The topological polar surface area (TPSA) is 109 Å².